The quantitative estimate of drug-likeness (QED) is 0.872. The Morgan fingerprint density at radius 3 is 2.39 bits per heavy atom. The molecular weight excluding hydrogens is 286 g/mol. The molecule has 1 saturated heterocycles. The maximum absolute atomic E-state index is 4.85. The summed E-state index contributed by atoms with van der Waals surface area (Å²) < 4.78 is 0. The van der Waals surface area contributed by atoms with Crippen LogP contribution in [0.25, 0.3) is 11.4 Å². The van der Waals surface area contributed by atoms with Gasteiger partial charge in [0.15, 0.2) is 5.82 Å². The van der Waals surface area contributed by atoms with E-state index < -0.39 is 0 Å². The van der Waals surface area contributed by atoms with E-state index in [0.717, 1.165) is 49.1 Å². The van der Waals surface area contributed by atoms with Gasteiger partial charge < -0.3 is 4.90 Å². The van der Waals surface area contributed by atoms with E-state index in [4.69, 9.17) is 4.98 Å². The molecule has 0 unspecified atom stereocenters. The fraction of sp³-hybridized carbons (Fsp3) is 0.500. The zero-order chi connectivity index (χ0) is 16.4. The molecule has 0 aromatic carbocycles. The standard InChI is InChI=1S/C18H25N5/c1-13(2)22-8-10-23(11-9-22)18-14(3)15(4)20-17(21-18)16-6-5-7-19-12-16/h5-7,12-13H,8-11H2,1-4H3. The normalized spacial score (nSPS) is 16.1. The third kappa shape index (κ3) is 3.34. The Labute approximate surface area is 138 Å². The second-order valence-corrected chi connectivity index (χ2v) is 6.44. The molecule has 5 nitrogen and oxygen atoms in total. The van der Waals surface area contributed by atoms with Gasteiger partial charge in [-0.25, -0.2) is 9.97 Å². The molecule has 0 spiro atoms. The van der Waals surface area contributed by atoms with Crippen molar-refractivity contribution < 1.29 is 0 Å². The highest BCUT2D eigenvalue weighted by Crippen LogP contribution is 2.25. The monoisotopic (exact) mass is 311 g/mol. The van der Waals surface area contributed by atoms with Crippen LogP contribution in [-0.4, -0.2) is 52.1 Å². The van der Waals surface area contributed by atoms with Crippen LogP contribution in [0.15, 0.2) is 24.5 Å². The first-order valence-electron chi connectivity index (χ1n) is 8.31. The second kappa shape index (κ2) is 6.62. The molecule has 0 N–H and O–H groups in total. The van der Waals surface area contributed by atoms with Crippen LogP contribution < -0.4 is 4.90 Å². The van der Waals surface area contributed by atoms with Gasteiger partial charge in [0.2, 0.25) is 0 Å². The van der Waals surface area contributed by atoms with Gasteiger partial charge in [0.25, 0.3) is 0 Å². The van der Waals surface area contributed by atoms with E-state index in [1.165, 1.54) is 5.56 Å². The molecule has 0 saturated carbocycles. The largest absolute Gasteiger partial charge is 0.354 e. The zero-order valence-electron chi connectivity index (χ0n) is 14.5. The minimum absolute atomic E-state index is 0.608. The van der Waals surface area contributed by atoms with Crippen molar-refractivity contribution in [3.63, 3.8) is 0 Å². The predicted octanol–water partition coefficient (Wildman–Crippen LogP) is 2.69. The summed E-state index contributed by atoms with van der Waals surface area (Å²) in [5, 5.41) is 0. The van der Waals surface area contributed by atoms with Crippen molar-refractivity contribution >= 4 is 5.82 Å². The first-order valence-corrected chi connectivity index (χ1v) is 8.31. The number of piperazine rings is 1. The van der Waals surface area contributed by atoms with E-state index in [9.17, 15) is 0 Å². The van der Waals surface area contributed by atoms with Crippen LogP contribution in [-0.2, 0) is 0 Å². The van der Waals surface area contributed by atoms with Crippen LogP contribution in [0.2, 0.25) is 0 Å². The lowest BCUT2D eigenvalue weighted by Gasteiger charge is -2.38. The highest BCUT2D eigenvalue weighted by molar-refractivity contribution is 5.59. The smallest absolute Gasteiger partial charge is 0.163 e. The average molecular weight is 311 g/mol. The van der Waals surface area contributed by atoms with Crippen molar-refractivity contribution in [2.45, 2.75) is 33.7 Å². The minimum atomic E-state index is 0.608. The van der Waals surface area contributed by atoms with Gasteiger partial charge in [0.05, 0.1) is 0 Å². The van der Waals surface area contributed by atoms with E-state index >= 15 is 0 Å². The van der Waals surface area contributed by atoms with Crippen LogP contribution in [0.3, 0.4) is 0 Å². The van der Waals surface area contributed by atoms with Crippen LogP contribution in [0.5, 0.6) is 0 Å². The zero-order valence-corrected chi connectivity index (χ0v) is 14.5. The lowest BCUT2D eigenvalue weighted by Crippen LogP contribution is -2.49. The number of hydrogen-bond acceptors (Lipinski definition) is 5. The van der Waals surface area contributed by atoms with Gasteiger partial charge in [-0.05, 0) is 39.8 Å². The first kappa shape index (κ1) is 15.9. The Bertz CT molecular complexity index is 661. The summed E-state index contributed by atoms with van der Waals surface area (Å²) in [6.07, 6.45) is 3.60. The molecule has 0 aliphatic carbocycles. The van der Waals surface area contributed by atoms with Gasteiger partial charge in [-0.2, -0.15) is 0 Å². The van der Waals surface area contributed by atoms with Crippen molar-refractivity contribution in [3.8, 4) is 11.4 Å². The van der Waals surface area contributed by atoms with Crippen molar-refractivity contribution in [2.75, 3.05) is 31.1 Å². The van der Waals surface area contributed by atoms with E-state index in [0.29, 0.717) is 6.04 Å². The molecule has 0 amide bonds. The Kier molecular flexibility index (Phi) is 4.57. The third-order valence-electron chi connectivity index (χ3n) is 4.63. The highest BCUT2D eigenvalue weighted by atomic mass is 15.3. The number of nitrogens with zero attached hydrogens (tertiary/aromatic N) is 5. The van der Waals surface area contributed by atoms with Crippen LogP contribution >= 0.6 is 0 Å². The lowest BCUT2D eigenvalue weighted by atomic mass is 10.2. The molecule has 5 heteroatoms. The molecule has 1 fully saturated rings. The maximum Gasteiger partial charge on any atom is 0.163 e. The fourth-order valence-electron chi connectivity index (χ4n) is 3.00. The Balaban J connectivity index is 1.89. The Morgan fingerprint density at radius 1 is 1.04 bits per heavy atom. The van der Waals surface area contributed by atoms with Gasteiger partial charge in [-0.1, -0.05) is 0 Å². The highest BCUT2D eigenvalue weighted by Gasteiger charge is 2.22. The summed E-state index contributed by atoms with van der Waals surface area (Å²) in [4.78, 5) is 18.6. The molecule has 0 radical (unpaired) electrons. The molecule has 1 aliphatic heterocycles. The number of pyridine rings is 1. The lowest BCUT2D eigenvalue weighted by molar-refractivity contribution is 0.209. The molecule has 0 bridgehead atoms. The number of anilines is 1. The van der Waals surface area contributed by atoms with E-state index in [2.05, 4.69) is 47.5 Å². The molecular formula is C18H25N5. The summed E-state index contributed by atoms with van der Waals surface area (Å²) in [6, 6.07) is 4.54. The molecule has 23 heavy (non-hydrogen) atoms. The van der Waals surface area contributed by atoms with Gasteiger partial charge in [-0.3, -0.25) is 9.88 Å². The fourth-order valence-corrected chi connectivity index (χ4v) is 3.00. The van der Waals surface area contributed by atoms with Crippen molar-refractivity contribution in [2.24, 2.45) is 0 Å². The van der Waals surface area contributed by atoms with E-state index in [1.54, 1.807) is 6.20 Å². The van der Waals surface area contributed by atoms with Gasteiger partial charge >= 0.3 is 0 Å². The molecule has 3 rings (SSSR count). The van der Waals surface area contributed by atoms with Gasteiger partial charge in [-0.15, -0.1) is 0 Å². The predicted molar refractivity (Wildman–Crippen MR) is 93.7 cm³/mol. The van der Waals surface area contributed by atoms with Crippen LogP contribution in [0.1, 0.15) is 25.1 Å². The van der Waals surface area contributed by atoms with Crippen molar-refractivity contribution in [3.05, 3.63) is 35.8 Å². The topological polar surface area (TPSA) is 45.2 Å². The molecule has 2 aromatic rings. The summed E-state index contributed by atoms with van der Waals surface area (Å²) in [7, 11) is 0. The Morgan fingerprint density at radius 2 is 1.78 bits per heavy atom. The van der Waals surface area contributed by atoms with Gasteiger partial charge in [0, 0.05) is 61.4 Å². The van der Waals surface area contributed by atoms with E-state index in [1.807, 2.05) is 18.3 Å². The van der Waals surface area contributed by atoms with Crippen molar-refractivity contribution in [1.82, 2.24) is 19.9 Å². The van der Waals surface area contributed by atoms with Crippen molar-refractivity contribution in [1.29, 1.82) is 0 Å². The number of hydrogen-bond donors (Lipinski definition) is 0. The minimum Gasteiger partial charge on any atom is -0.354 e. The maximum atomic E-state index is 4.85. The summed E-state index contributed by atoms with van der Waals surface area (Å²) in [5.41, 5.74) is 3.19. The van der Waals surface area contributed by atoms with E-state index in [-0.39, 0.29) is 0 Å². The SMILES string of the molecule is Cc1nc(-c2cccnc2)nc(N2CCN(C(C)C)CC2)c1C. The molecule has 3 heterocycles. The average Bonchev–Trinajstić information content (AvgIpc) is 2.58. The first-order chi connectivity index (χ1) is 11.1. The number of aromatic nitrogens is 3. The number of rotatable bonds is 3. The summed E-state index contributed by atoms with van der Waals surface area (Å²) in [6.45, 7) is 12.9. The second-order valence-electron chi connectivity index (χ2n) is 6.44. The molecule has 122 valence electrons. The summed E-state index contributed by atoms with van der Waals surface area (Å²) >= 11 is 0. The van der Waals surface area contributed by atoms with Gasteiger partial charge in [0.1, 0.15) is 5.82 Å². The van der Waals surface area contributed by atoms with Crippen LogP contribution in [0, 0.1) is 13.8 Å². The van der Waals surface area contributed by atoms with Crippen LogP contribution in [0.4, 0.5) is 5.82 Å². The molecule has 0 atom stereocenters. The Hall–Kier alpha value is -2.01. The molecule has 1 aliphatic rings. The molecule has 2 aromatic heterocycles. The summed E-state index contributed by atoms with van der Waals surface area (Å²) in [5.74, 6) is 1.84. The third-order valence-corrected chi connectivity index (χ3v) is 4.63. The number of aryl methyl sites for hydroxylation is 1.